The minimum Gasteiger partial charge on any atom is -0.336 e. The number of nitriles is 1. The lowest BCUT2D eigenvalue weighted by Gasteiger charge is -2.22. The lowest BCUT2D eigenvalue weighted by Crippen LogP contribution is -2.48. The van der Waals surface area contributed by atoms with Gasteiger partial charge in [0.05, 0.1) is 17.8 Å². The van der Waals surface area contributed by atoms with Crippen molar-refractivity contribution < 1.29 is 4.79 Å². The molecule has 23 heavy (non-hydrogen) atoms. The molecule has 120 valence electrons. The number of hydrogen-bond donors (Lipinski definition) is 1. The molecule has 1 fully saturated rings. The number of aromatic nitrogens is 2. The summed E-state index contributed by atoms with van der Waals surface area (Å²) in [5.41, 5.74) is -1.07. The Bertz CT molecular complexity index is 859. The smallest absolute Gasteiger partial charge is 0.262 e. The van der Waals surface area contributed by atoms with E-state index in [0.29, 0.717) is 10.2 Å². The molecule has 2 heterocycles. The average Bonchev–Trinajstić information content (AvgIpc) is 3.30. The van der Waals surface area contributed by atoms with Crippen molar-refractivity contribution in [2.24, 2.45) is 5.92 Å². The van der Waals surface area contributed by atoms with E-state index in [1.807, 2.05) is 13.0 Å². The van der Waals surface area contributed by atoms with Crippen molar-refractivity contribution in [3.8, 4) is 6.07 Å². The first-order valence-corrected chi connectivity index (χ1v) is 8.48. The zero-order chi connectivity index (χ0) is 16.6. The molecule has 6 nitrogen and oxygen atoms in total. The summed E-state index contributed by atoms with van der Waals surface area (Å²) in [6.45, 7) is 3.64. The number of carbonyl (C=O) groups is 1. The van der Waals surface area contributed by atoms with Gasteiger partial charge in [0.25, 0.3) is 5.56 Å². The Labute approximate surface area is 137 Å². The number of fused-ring (bicyclic) bond motifs is 1. The number of hydrogen-bond acceptors (Lipinski definition) is 5. The minimum atomic E-state index is -0.851. The van der Waals surface area contributed by atoms with Crippen LogP contribution in [0, 0.1) is 17.2 Å². The summed E-state index contributed by atoms with van der Waals surface area (Å²) in [5.74, 6) is -0.132. The predicted octanol–water partition coefficient (Wildman–Crippen LogP) is 1.83. The van der Waals surface area contributed by atoms with Gasteiger partial charge in [0, 0.05) is 4.88 Å². The van der Waals surface area contributed by atoms with Crippen LogP contribution in [-0.2, 0) is 17.8 Å². The number of nitrogens with one attached hydrogen (secondary N) is 1. The van der Waals surface area contributed by atoms with Gasteiger partial charge in [-0.15, -0.1) is 11.3 Å². The van der Waals surface area contributed by atoms with Gasteiger partial charge in [-0.05, 0) is 38.2 Å². The van der Waals surface area contributed by atoms with Crippen LogP contribution in [0.3, 0.4) is 0 Å². The van der Waals surface area contributed by atoms with Crippen molar-refractivity contribution in [2.45, 2.75) is 45.2 Å². The summed E-state index contributed by atoms with van der Waals surface area (Å²) in [6, 6.07) is 4.02. The molecule has 0 aliphatic heterocycles. The molecule has 1 aliphatic carbocycles. The molecular formula is C16H18N4O2S. The molecule has 2 aromatic heterocycles. The van der Waals surface area contributed by atoms with Crippen molar-refractivity contribution in [2.75, 3.05) is 0 Å². The van der Waals surface area contributed by atoms with Crippen LogP contribution in [0.2, 0.25) is 0 Å². The lowest BCUT2D eigenvalue weighted by molar-refractivity contribution is -0.123. The maximum absolute atomic E-state index is 12.5. The summed E-state index contributed by atoms with van der Waals surface area (Å²) in [5, 5.41) is 12.6. The summed E-state index contributed by atoms with van der Waals surface area (Å²) in [4.78, 5) is 30.7. The van der Waals surface area contributed by atoms with Crippen LogP contribution < -0.4 is 10.9 Å². The van der Waals surface area contributed by atoms with Gasteiger partial charge in [-0.3, -0.25) is 14.2 Å². The average molecular weight is 330 g/mol. The lowest BCUT2D eigenvalue weighted by atomic mass is 9.98. The molecular weight excluding hydrogens is 312 g/mol. The molecule has 1 aliphatic rings. The number of amides is 1. The zero-order valence-corrected chi connectivity index (χ0v) is 13.9. The Hall–Kier alpha value is -2.20. The number of rotatable bonds is 5. The van der Waals surface area contributed by atoms with Crippen LogP contribution >= 0.6 is 11.3 Å². The first-order valence-electron chi connectivity index (χ1n) is 7.67. The molecule has 0 spiro atoms. The Morgan fingerprint density at radius 2 is 2.35 bits per heavy atom. The molecule has 7 heteroatoms. The Morgan fingerprint density at radius 1 is 1.61 bits per heavy atom. The number of aryl methyl sites for hydroxylation is 1. The van der Waals surface area contributed by atoms with Crippen LogP contribution in [0.5, 0.6) is 0 Å². The molecule has 0 aromatic carbocycles. The maximum atomic E-state index is 12.5. The number of thiophene rings is 1. The van der Waals surface area contributed by atoms with Gasteiger partial charge in [0.1, 0.15) is 16.9 Å². The van der Waals surface area contributed by atoms with Crippen LogP contribution in [0.4, 0.5) is 0 Å². The van der Waals surface area contributed by atoms with Gasteiger partial charge in [0.15, 0.2) is 0 Å². The summed E-state index contributed by atoms with van der Waals surface area (Å²) >= 11 is 1.50. The van der Waals surface area contributed by atoms with Crippen LogP contribution in [0.1, 0.15) is 31.6 Å². The minimum absolute atomic E-state index is 0.122. The molecule has 1 N–H and O–H groups in total. The van der Waals surface area contributed by atoms with Crippen molar-refractivity contribution >= 4 is 27.5 Å². The van der Waals surface area contributed by atoms with Gasteiger partial charge in [0.2, 0.25) is 5.91 Å². The fourth-order valence-corrected chi connectivity index (χ4v) is 3.59. The standard InChI is InChI=1S/C16H18N4O2S/c1-3-11-6-12-14(23-11)18-9-20(15(12)22)7-13(21)19-16(2,8-17)10-4-5-10/h6,9-10H,3-5,7H2,1-2H3,(H,19,21)/t16-/m0/s1. The van der Waals surface area contributed by atoms with Gasteiger partial charge in [-0.1, -0.05) is 6.92 Å². The molecule has 1 amide bonds. The molecule has 1 atom stereocenters. The second-order valence-electron chi connectivity index (χ2n) is 6.10. The van der Waals surface area contributed by atoms with Crippen molar-refractivity contribution in [3.63, 3.8) is 0 Å². The van der Waals surface area contributed by atoms with E-state index in [1.165, 1.54) is 22.2 Å². The summed E-state index contributed by atoms with van der Waals surface area (Å²) in [6.07, 6.45) is 4.16. The highest BCUT2D eigenvalue weighted by atomic mass is 32.1. The van der Waals surface area contributed by atoms with Crippen LogP contribution in [-0.4, -0.2) is 21.0 Å². The monoisotopic (exact) mass is 330 g/mol. The third kappa shape index (κ3) is 2.99. The van der Waals surface area contributed by atoms with E-state index in [1.54, 1.807) is 6.92 Å². The maximum Gasteiger partial charge on any atom is 0.262 e. The van der Waals surface area contributed by atoms with E-state index in [4.69, 9.17) is 0 Å². The Kier molecular flexibility index (Phi) is 3.94. The fourth-order valence-electron chi connectivity index (χ4n) is 2.66. The largest absolute Gasteiger partial charge is 0.336 e. The quantitative estimate of drug-likeness (QED) is 0.906. The molecule has 3 rings (SSSR count). The highest BCUT2D eigenvalue weighted by Gasteiger charge is 2.43. The molecule has 1 saturated carbocycles. The zero-order valence-electron chi connectivity index (χ0n) is 13.1. The van der Waals surface area contributed by atoms with Gasteiger partial charge in [-0.25, -0.2) is 4.98 Å². The Balaban J connectivity index is 1.81. The SMILES string of the molecule is CCc1cc2c(=O)n(CC(=O)N[C@@](C)(C#N)C3CC3)cnc2s1. The third-order valence-electron chi connectivity index (χ3n) is 4.26. The molecule has 2 aromatic rings. The molecule has 0 radical (unpaired) electrons. The first-order chi connectivity index (χ1) is 11.0. The fraction of sp³-hybridized carbons (Fsp3) is 0.500. The van der Waals surface area contributed by atoms with Gasteiger partial charge >= 0.3 is 0 Å². The van der Waals surface area contributed by atoms with Gasteiger partial charge < -0.3 is 5.32 Å². The molecule has 0 saturated heterocycles. The second-order valence-corrected chi connectivity index (χ2v) is 7.21. The van der Waals surface area contributed by atoms with Gasteiger partial charge in [-0.2, -0.15) is 5.26 Å². The van der Waals surface area contributed by atoms with Crippen molar-refractivity contribution in [1.29, 1.82) is 5.26 Å². The van der Waals surface area contributed by atoms with E-state index < -0.39 is 5.54 Å². The highest BCUT2D eigenvalue weighted by Crippen LogP contribution is 2.39. The first kappa shape index (κ1) is 15.7. The van der Waals surface area contributed by atoms with E-state index >= 15 is 0 Å². The number of nitrogens with zero attached hydrogens (tertiary/aromatic N) is 3. The van der Waals surface area contributed by atoms with E-state index in [0.717, 1.165) is 24.1 Å². The van der Waals surface area contributed by atoms with E-state index in [2.05, 4.69) is 16.4 Å². The molecule has 0 bridgehead atoms. The summed E-state index contributed by atoms with van der Waals surface area (Å²) < 4.78 is 1.30. The van der Waals surface area contributed by atoms with Crippen molar-refractivity contribution in [1.82, 2.24) is 14.9 Å². The summed E-state index contributed by atoms with van der Waals surface area (Å²) in [7, 11) is 0. The second kappa shape index (κ2) is 5.78. The predicted molar refractivity (Wildman–Crippen MR) is 88.1 cm³/mol. The normalized spacial score (nSPS) is 16.7. The Morgan fingerprint density at radius 3 is 2.96 bits per heavy atom. The van der Waals surface area contributed by atoms with E-state index in [9.17, 15) is 14.9 Å². The third-order valence-corrected chi connectivity index (χ3v) is 5.44. The topological polar surface area (TPSA) is 87.8 Å². The molecule has 0 unspecified atom stereocenters. The van der Waals surface area contributed by atoms with Crippen LogP contribution in [0.15, 0.2) is 17.2 Å². The van der Waals surface area contributed by atoms with Crippen LogP contribution in [0.25, 0.3) is 10.2 Å². The van der Waals surface area contributed by atoms with Crippen molar-refractivity contribution in [3.05, 3.63) is 27.6 Å². The number of carbonyl (C=O) groups excluding carboxylic acids is 1. The highest BCUT2D eigenvalue weighted by molar-refractivity contribution is 7.18. The van der Waals surface area contributed by atoms with E-state index in [-0.39, 0.29) is 23.9 Å².